The van der Waals surface area contributed by atoms with E-state index in [2.05, 4.69) is 11.8 Å². The zero-order chi connectivity index (χ0) is 20.4. The first kappa shape index (κ1) is 19.4. The quantitative estimate of drug-likeness (QED) is 0.363. The average molecular weight is 390 g/mol. The molecule has 0 amide bonds. The van der Waals surface area contributed by atoms with Gasteiger partial charge in [0.2, 0.25) is 0 Å². The van der Waals surface area contributed by atoms with E-state index < -0.39 is 0 Å². The van der Waals surface area contributed by atoms with Gasteiger partial charge in [0.25, 0.3) is 0 Å². The molecule has 30 heavy (non-hydrogen) atoms. The van der Waals surface area contributed by atoms with Gasteiger partial charge in [-0.05, 0) is 35.4 Å². The molecule has 0 spiro atoms. The largest absolute Gasteiger partial charge is 0.487 e. The topological polar surface area (TPSA) is 18.5 Å². The van der Waals surface area contributed by atoms with Crippen molar-refractivity contribution in [3.63, 3.8) is 0 Å². The summed E-state index contributed by atoms with van der Waals surface area (Å²) < 4.78 is 12.2. The van der Waals surface area contributed by atoms with Gasteiger partial charge >= 0.3 is 0 Å². The molecule has 0 fully saturated rings. The van der Waals surface area contributed by atoms with Crippen molar-refractivity contribution in [2.45, 2.75) is 13.2 Å². The lowest BCUT2D eigenvalue weighted by molar-refractivity contribution is 0.288. The van der Waals surface area contributed by atoms with E-state index in [0.717, 1.165) is 22.3 Å². The van der Waals surface area contributed by atoms with Gasteiger partial charge in [-0.2, -0.15) is 0 Å². The van der Waals surface area contributed by atoms with Gasteiger partial charge < -0.3 is 9.47 Å². The Bertz CT molecular complexity index is 1060. The maximum atomic E-state index is 6.12. The van der Waals surface area contributed by atoms with Gasteiger partial charge in [-0.3, -0.25) is 0 Å². The summed E-state index contributed by atoms with van der Waals surface area (Å²) in [6, 6.07) is 36.0. The van der Waals surface area contributed by atoms with Gasteiger partial charge in [-0.1, -0.05) is 96.8 Å². The summed E-state index contributed by atoms with van der Waals surface area (Å²) in [6.07, 6.45) is 0. The van der Waals surface area contributed by atoms with Crippen LogP contribution in [-0.2, 0) is 13.2 Å². The standard InChI is InChI=1S/C28H22O2/c1-4-11-23(12-5-1)19-20-26-27(29-21-24-13-6-2-7-14-24)17-10-18-28(26)30-22-25-15-8-3-9-16-25/h1-18H,21-22H2. The Balaban J connectivity index is 1.62. The van der Waals surface area contributed by atoms with E-state index in [1.165, 1.54) is 0 Å². The Morgan fingerprint density at radius 1 is 0.467 bits per heavy atom. The predicted octanol–water partition coefficient (Wildman–Crippen LogP) is 6.24. The molecule has 4 aromatic carbocycles. The van der Waals surface area contributed by atoms with Crippen LogP contribution in [0.4, 0.5) is 0 Å². The summed E-state index contributed by atoms with van der Waals surface area (Å²) in [4.78, 5) is 0. The molecule has 0 bridgehead atoms. The van der Waals surface area contributed by atoms with Crippen molar-refractivity contribution >= 4 is 0 Å². The third kappa shape index (κ3) is 5.31. The van der Waals surface area contributed by atoms with E-state index in [9.17, 15) is 0 Å². The maximum Gasteiger partial charge on any atom is 0.139 e. The lowest BCUT2D eigenvalue weighted by atomic mass is 10.1. The van der Waals surface area contributed by atoms with Crippen molar-refractivity contribution in [2.24, 2.45) is 0 Å². The van der Waals surface area contributed by atoms with E-state index in [0.29, 0.717) is 24.7 Å². The summed E-state index contributed by atoms with van der Waals surface area (Å²) in [5, 5.41) is 0. The first-order chi connectivity index (χ1) is 14.9. The highest BCUT2D eigenvalue weighted by atomic mass is 16.5. The van der Waals surface area contributed by atoms with Crippen LogP contribution in [0, 0.1) is 11.8 Å². The number of hydrogen-bond acceptors (Lipinski definition) is 2. The Morgan fingerprint density at radius 3 is 1.43 bits per heavy atom. The average Bonchev–Trinajstić information content (AvgIpc) is 2.82. The van der Waals surface area contributed by atoms with Crippen molar-refractivity contribution in [2.75, 3.05) is 0 Å². The van der Waals surface area contributed by atoms with Gasteiger partial charge in [-0.25, -0.2) is 0 Å². The molecular weight excluding hydrogens is 368 g/mol. The molecule has 0 heterocycles. The van der Waals surface area contributed by atoms with Crippen LogP contribution in [0.2, 0.25) is 0 Å². The highest BCUT2D eigenvalue weighted by Gasteiger charge is 2.10. The Hall–Kier alpha value is -3.96. The fourth-order valence-electron chi connectivity index (χ4n) is 3.00. The highest BCUT2D eigenvalue weighted by Crippen LogP contribution is 2.29. The zero-order valence-electron chi connectivity index (χ0n) is 16.6. The first-order valence-electron chi connectivity index (χ1n) is 9.92. The summed E-state index contributed by atoms with van der Waals surface area (Å²) >= 11 is 0. The van der Waals surface area contributed by atoms with Crippen LogP contribution in [0.1, 0.15) is 22.3 Å². The Morgan fingerprint density at radius 2 is 0.933 bits per heavy atom. The van der Waals surface area contributed by atoms with E-state index in [1.54, 1.807) is 0 Å². The van der Waals surface area contributed by atoms with Crippen LogP contribution in [0.25, 0.3) is 0 Å². The molecule has 4 rings (SSSR count). The Labute approximate surface area is 177 Å². The fourth-order valence-corrected chi connectivity index (χ4v) is 3.00. The minimum atomic E-state index is 0.475. The molecule has 0 radical (unpaired) electrons. The number of hydrogen-bond donors (Lipinski definition) is 0. The molecule has 0 saturated carbocycles. The summed E-state index contributed by atoms with van der Waals surface area (Å²) in [5.41, 5.74) is 3.92. The second-order valence-corrected chi connectivity index (χ2v) is 6.79. The van der Waals surface area contributed by atoms with Gasteiger partial charge in [0.05, 0.1) is 0 Å². The predicted molar refractivity (Wildman–Crippen MR) is 120 cm³/mol. The summed E-state index contributed by atoms with van der Waals surface area (Å²) in [7, 11) is 0. The van der Waals surface area contributed by atoms with Gasteiger partial charge in [0, 0.05) is 5.56 Å². The molecule has 0 unspecified atom stereocenters. The molecule has 0 aliphatic carbocycles. The monoisotopic (exact) mass is 390 g/mol. The smallest absolute Gasteiger partial charge is 0.139 e. The second-order valence-electron chi connectivity index (χ2n) is 6.79. The molecule has 0 aliphatic heterocycles. The van der Waals surface area contributed by atoms with Crippen LogP contribution in [0.5, 0.6) is 11.5 Å². The van der Waals surface area contributed by atoms with Gasteiger partial charge in [-0.15, -0.1) is 0 Å². The van der Waals surface area contributed by atoms with Crippen LogP contribution in [0.15, 0.2) is 109 Å². The van der Waals surface area contributed by atoms with Crippen LogP contribution in [-0.4, -0.2) is 0 Å². The van der Waals surface area contributed by atoms with Crippen molar-refractivity contribution in [3.05, 3.63) is 131 Å². The van der Waals surface area contributed by atoms with Crippen LogP contribution < -0.4 is 9.47 Å². The molecule has 0 atom stereocenters. The van der Waals surface area contributed by atoms with E-state index in [-0.39, 0.29) is 0 Å². The molecule has 4 aromatic rings. The van der Waals surface area contributed by atoms with E-state index >= 15 is 0 Å². The molecule has 0 aromatic heterocycles. The molecule has 2 heteroatoms. The first-order valence-corrected chi connectivity index (χ1v) is 9.92. The van der Waals surface area contributed by atoms with Crippen molar-refractivity contribution < 1.29 is 9.47 Å². The normalized spacial score (nSPS) is 10.0. The molecule has 0 aliphatic rings. The lowest BCUT2D eigenvalue weighted by Gasteiger charge is -2.13. The molecule has 2 nitrogen and oxygen atoms in total. The molecule has 0 saturated heterocycles. The SMILES string of the molecule is C(#Cc1c(OCc2ccccc2)cccc1OCc1ccccc1)c1ccccc1. The summed E-state index contributed by atoms with van der Waals surface area (Å²) in [5.74, 6) is 7.93. The molecule has 146 valence electrons. The van der Waals surface area contributed by atoms with Gasteiger partial charge in [0.1, 0.15) is 30.3 Å². The van der Waals surface area contributed by atoms with Crippen LogP contribution in [0.3, 0.4) is 0 Å². The van der Waals surface area contributed by atoms with Gasteiger partial charge in [0.15, 0.2) is 0 Å². The molecular formula is C28H22O2. The fraction of sp³-hybridized carbons (Fsp3) is 0.0714. The maximum absolute atomic E-state index is 6.12. The number of ether oxygens (including phenoxy) is 2. The Kier molecular flexibility index (Phi) is 6.45. The third-order valence-electron chi connectivity index (χ3n) is 4.57. The minimum absolute atomic E-state index is 0.475. The van der Waals surface area contributed by atoms with E-state index in [4.69, 9.17) is 9.47 Å². The summed E-state index contributed by atoms with van der Waals surface area (Å²) in [6.45, 7) is 0.950. The van der Waals surface area contributed by atoms with Crippen molar-refractivity contribution in [1.82, 2.24) is 0 Å². The highest BCUT2D eigenvalue weighted by molar-refractivity contribution is 5.57. The van der Waals surface area contributed by atoms with Crippen LogP contribution >= 0.6 is 0 Å². The second kappa shape index (κ2) is 10.0. The van der Waals surface area contributed by atoms with Crippen molar-refractivity contribution in [3.8, 4) is 23.3 Å². The number of rotatable bonds is 6. The minimum Gasteiger partial charge on any atom is -0.487 e. The lowest BCUT2D eigenvalue weighted by Crippen LogP contribution is -2.01. The molecule has 0 N–H and O–H groups in total. The third-order valence-corrected chi connectivity index (χ3v) is 4.57. The zero-order valence-corrected chi connectivity index (χ0v) is 16.6. The van der Waals surface area contributed by atoms with E-state index in [1.807, 2.05) is 109 Å². The van der Waals surface area contributed by atoms with Crippen molar-refractivity contribution in [1.29, 1.82) is 0 Å². The number of benzene rings is 4.